The van der Waals surface area contributed by atoms with Crippen molar-refractivity contribution in [1.29, 1.82) is 0 Å². The third-order valence-electron chi connectivity index (χ3n) is 3.99. The van der Waals surface area contributed by atoms with Crippen molar-refractivity contribution in [3.05, 3.63) is 35.9 Å². The molecule has 2 rings (SSSR count). The Kier molecular flexibility index (Phi) is 5.18. The first kappa shape index (κ1) is 15.5. The van der Waals surface area contributed by atoms with Gasteiger partial charge in [-0.15, -0.1) is 0 Å². The van der Waals surface area contributed by atoms with Gasteiger partial charge in [0, 0.05) is 19.1 Å². The molecule has 1 atom stereocenters. The summed E-state index contributed by atoms with van der Waals surface area (Å²) in [7, 11) is -3.18. The molecule has 1 aromatic rings. The van der Waals surface area contributed by atoms with Crippen LogP contribution < -0.4 is 0 Å². The second kappa shape index (κ2) is 6.70. The molecule has 4 nitrogen and oxygen atoms in total. The molecule has 0 saturated carbocycles. The molecule has 1 fully saturated rings. The SMILES string of the molecule is CCN1CCCC1CN(Cc1ccccc1)S(C)(=O)=O. The quantitative estimate of drug-likeness (QED) is 0.805. The molecule has 0 spiro atoms. The van der Waals surface area contributed by atoms with Gasteiger partial charge >= 0.3 is 0 Å². The zero-order valence-electron chi connectivity index (χ0n) is 12.3. The maximum Gasteiger partial charge on any atom is 0.211 e. The molecule has 0 amide bonds. The molecule has 0 bridgehead atoms. The molecular weight excluding hydrogens is 272 g/mol. The minimum Gasteiger partial charge on any atom is -0.299 e. The van der Waals surface area contributed by atoms with Crippen molar-refractivity contribution < 1.29 is 8.42 Å². The molecule has 1 saturated heterocycles. The summed E-state index contributed by atoms with van der Waals surface area (Å²) in [6.07, 6.45) is 3.57. The summed E-state index contributed by atoms with van der Waals surface area (Å²) in [5.41, 5.74) is 1.04. The van der Waals surface area contributed by atoms with Crippen LogP contribution in [0.25, 0.3) is 0 Å². The second-order valence-electron chi connectivity index (χ2n) is 5.47. The van der Waals surface area contributed by atoms with Crippen molar-refractivity contribution in [3.63, 3.8) is 0 Å². The fourth-order valence-corrected chi connectivity index (χ4v) is 3.68. The van der Waals surface area contributed by atoms with Gasteiger partial charge in [-0.2, -0.15) is 4.31 Å². The lowest BCUT2D eigenvalue weighted by Crippen LogP contribution is -2.42. The Balaban J connectivity index is 2.09. The third kappa shape index (κ3) is 4.04. The van der Waals surface area contributed by atoms with E-state index in [4.69, 9.17) is 0 Å². The Labute approximate surface area is 122 Å². The molecule has 5 heteroatoms. The van der Waals surface area contributed by atoms with Gasteiger partial charge in [-0.1, -0.05) is 37.3 Å². The van der Waals surface area contributed by atoms with Crippen molar-refractivity contribution >= 4 is 10.0 Å². The molecular formula is C15H24N2O2S. The molecule has 1 unspecified atom stereocenters. The van der Waals surface area contributed by atoms with E-state index in [1.807, 2.05) is 30.3 Å². The number of likely N-dealkylation sites (tertiary alicyclic amines) is 1. The third-order valence-corrected chi connectivity index (χ3v) is 5.21. The van der Waals surface area contributed by atoms with Crippen molar-refractivity contribution in [3.8, 4) is 0 Å². The maximum absolute atomic E-state index is 12.0. The molecule has 1 aliphatic heterocycles. The average Bonchev–Trinajstić information content (AvgIpc) is 2.85. The molecule has 0 N–H and O–H groups in total. The largest absolute Gasteiger partial charge is 0.299 e. The predicted octanol–water partition coefficient (Wildman–Crippen LogP) is 1.93. The molecule has 1 aromatic carbocycles. The summed E-state index contributed by atoms with van der Waals surface area (Å²) in [5.74, 6) is 0. The summed E-state index contributed by atoms with van der Waals surface area (Å²) in [4.78, 5) is 2.38. The van der Waals surface area contributed by atoms with Gasteiger partial charge in [0.2, 0.25) is 10.0 Å². The van der Waals surface area contributed by atoms with Gasteiger partial charge in [0.1, 0.15) is 0 Å². The summed E-state index contributed by atoms with van der Waals surface area (Å²) < 4.78 is 25.7. The highest BCUT2D eigenvalue weighted by molar-refractivity contribution is 7.88. The van der Waals surface area contributed by atoms with E-state index < -0.39 is 10.0 Å². The number of sulfonamides is 1. The van der Waals surface area contributed by atoms with Crippen LogP contribution in [-0.4, -0.2) is 49.6 Å². The van der Waals surface area contributed by atoms with E-state index in [-0.39, 0.29) is 0 Å². The van der Waals surface area contributed by atoms with Gasteiger partial charge in [-0.25, -0.2) is 8.42 Å². The van der Waals surface area contributed by atoms with E-state index in [9.17, 15) is 8.42 Å². The van der Waals surface area contributed by atoms with Crippen LogP contribution in [0.1, 0.15) is 25.3 Å². The van der Waals surface area contributed by atoms with E-state index in [0.29, 0.717) is 19.1 Å². The van der Waals surface area contributed by atoms with Crippen molar-refractivity contribution in [2.24, 2.45) is 0 Å². The fraction of sp³-hybridized carbons (Fsp3) is 0.600. The minimum absolute atomic E-state index is 0.360. The first-order valence-electron chi connectivity index (χ1n) is 7.24. The van der Waals surface area contributed by atoms with Crippen LogP contribution in [0.15, 0.2) is 30.3 Å². The van der Waals surface area contributed by atoms with Crippen molar-refractivity contribution in [2.75, 3.05) is 25.9 Å². The smallest absolute Gasteiger partial charge is 0.211 e. The minimum atomic E-state index is -3.18. The first-order valence-corrected chi connectivity index (χ1v) is 9.08. The fourth-order valence-electron chi connectivity index (χ4n) is 2.86. The summed E-state index contributed by atoms with van der Waals surface area (Å²) in [6.45, 7) is 5.29. The van der Waals surface area contributed by atoms with Crippen LogP contribution in [-0.2, 0) is 16.6 Å². The summed E-state index contributed by atoms with van der Waals surface area (Å²) in [5, 5.41) is 0. The zero-order chi connectivity index (χ0) is 14.6. The number of likely N-dealkylation sites (N-methyl/N-ethyl adjacent to an activating group) is 1. The lowest BCUT2D eigenvalue weighted by atomic mass is 10.2. The van der Waals surface area contributed by atoms with Crippen LogP contribution >= 0.6 is 0 Å². The number of nitrogens with zero attached hydrogens (tertiary/aromatic N) is 2. The first-order chi connectivity index (χ1) is 9.50. The lowest BCUT2D eigenvalue weighted by Gasteiger charge is -2.28. The van der Waals surface area contributed by atoms with Crippen LogP contribution in [0.4, 0.5) is 0 Å². The summed E-state index contributed by atoms with van der Waals surface area (Å²) >= 11 is 0. The van der Waals surface area contributed by atoms with E-state index in [1.54, 1.807) is 4.31 Å². The lowest BCUT2D eigenvalue weighted by molar-refractivity contribution is 0.225. The van der Waals surface area contributed by atoms with Gasteiger partial charge in [-0.3, -0.25) is 4.90 Å². The van der Waals surface area contributed by atoms with Crippen LogP contribution in [0.5, 0.6) is 0 Å². The van der Waals surface area contributed by atoms with E-state index in [0.717, 1.165) is 25.1 Å². The van der Waals surface area contributed by atoms with E-state index in [2.05, 4.69) is 11.8 Å². The molecule has 1 aliphatic rings. The highest BCUT2D eigenvalue weighted by Crippen LogP contribution is 2.20. The number of benzene rings is 1. The standard InChI is InChI=1S/C15H24N2O2S/c1-3-16-11-7-10-15(16)13-17(20(2,18)19)12-14-8-5-4-6-9-14/h4-6,8-9,15H,3,7,10-13H2,1-2H3. The number of rotatable bonds is 6. The monoisotopic (exact) mass is 296 g/mol. The maximum atomic E-state index is 12.0. The van der Waals surface area contributed by atoms with E-state index in [1.165, 1.54) is 12.7 Å². The number of hydrogen-bond donors (Lipinski definition) is 0. The Morgan fingerprint density at radius 2 is 2.00 bits per heavy atom. The summed E-state index contributed by atoms with van der Waals surface area (Å²) in [6, 6.07) is 10.2. The Morgan fingerprint density at radius 1 is 1.30 bits per heavy atom. The molecule has 0 aromatic heterocycles. The van der Waals surface area contributed by atoms with E-state index >= 15 is 0 Å². The van der Waals surface area contributed by atoms with Crippen molar-refractivity contribution in [1.82, 2.24) is 9.21 Å². The molecule has 112 valence electrons. The Morgan fingerprint density at radius 3 is 2.60 bits per heavy atom. The Bertz CT molecular complexity index is 516. The highest BCUT2D eigenvalue weighted by Gasteiger charge is 2.28. The topological polar surface area (TPSA) is 40.6 Å². The normalized spacial score (nSPS) is 20.6. The average molecular weight is 296 g/mol. The Hall–Kier alpha value is -0.910. The van der Waals surface area contributed by atoms with Crippen LogP contribution in [0, 0.1) is 0 Å². The van der Waals surface area contributed by atoms with Crippen molar-refractivity contribution in [2.45, 2.75) is 32.4 Å². The molecule has 0 aliphatic carbocycles. The predicted molar refractivity (Wildman–Crippen MR) is 82.0 cm³/mol. The van der Waals surface area contributed by atoms with Gasteiger partial charge < -0.3 is 0 Å². The molecule has 0 radical (unpaired) electrons. The van der Waals surface area contributed by atoms with Crippen LogP contribution in [0.2, 0.25) is 0 Å². The number of hydrogen-bond acceptors (Lipinski definition) is 3. The van der Waals surface area contributed by atoms with Gasteiger partial charge in [-0.05, 0) is 31.5 Å². The van der Waals surface area contributed by atoms with Gasteiger partial charge in [0.15, 0.2) is 0 Å². The highest BCUT2D eigenvalue weighted by atomic mass is 32.2. The molecule has 20 heavy (non-hydrogen) atoms. The van der Waals surface area contributed by atoms with Gasteiger partial charge in [0.05, 0.1) is 6.26 Å². The molecule has 1 heterocycles. The second-order valence-corrected chi connectivity index (χ2v) is 7.45. The zero-order valence-corrected chi connectivity index (χ0v) is 13.1. The van der Waals surface area contributed by atoms with Gasteiger partial charge in [0.25, 0.3) is 0 Å². The van der Waals surface area contributed by atoms with Crippen LogP contribution in [0.3, 0.4) is 0 Å².